The van der Waals surface area contributed by atoms with Crippen molar-refractivity contribution in [1.29, 1.82) is 0 Å². The van der Waals surface area contributed by atoms with Gasteiger partial charge in [-0.2, -0.15) is 0 Å². The summed E-state index contributed by atoms with van der Waals surface area (Å²) < 4.78 is 0. The highest BCUT2D eigenvalue weighted by Crippen LogP contribution is 2.26. The summed E-state index contributed by atoms with van der Waals surface area (Å²) in [4.78, 5) is 10.5. The minimum Gasteiger partial charge on any atom is -0.341 e. The van der Waals surface area contributed by atoms with Gasteiger partial charge in [0.05, 0.1) is 17.4 Å². The predicted octanol–water partition coefficient (Wildman–Crippen LogP) is 2.12. The largest absolute Gasteiger partial charge is 0.341 e. The van der Waals surface area contributed by atoms with Gasteiger partial charge in [-0.25, -0.2) is 9.97 Å². The maximum atomic E-state index is 5.70. The Morgan fingerprint density at radius 1 is 1.38 bits per heavy atom. The lowest BCUT2D eigenvalue weighted by atomic mass is 9.92. The number of hydrogen-bond acceptors (Lipinski definition) is 3. The number of aromatic nitrogens is 2. The van der Waals surface area contributed by atoms with Gasteiger partial charge in [0.1, 0.15) is 0 Å². The maximum absolute atomic E-state index is 5.70. The Kier molecular flexibility index (Phi) is 2.36. The molecule has 0 spiro atoms. The standard InChI is InChI=1S/C9H12ClN3/c1-13(8-3-2-4-8)9-11-5-7(10)6-12-9/h5-6,8H,2-4H2,1H3. The second kappa shape index (κ2) is 3.50. The molecule has 0 radical (unpaired) electrons. The van der Waals surface area contributed by atoms with Gasteiger partial charge in [0, 0.05) is 13.1 Å². The summed E-state index contributed by atoms with van der Waals surface area (Å²) in [7, 11) is 2.03. The molecular weight excluding hydrogens is 186 g/mol. The first-order valence-corrected chi connectivity index (χ1v) is 4.85. The molecule has 1 saturated carbocycles. The second-order valence-corrected chi connectivity index (χ2v) is 3.83. The van der Waals surface area contributed by atoms with Gasteiger partial charge in [-0.1, -0.05) is 11.6 Å². The van der Waals surface area contributed by atoms with Crippen molar-refractivity contribution in [3.8, 4) is 0 Å². The molecule has 1 aromatic heterocycles. The van der Waals surface area contributed by atoms with E-state index in [1.807, 2.05) is 7.05 Å². The molecule has 4 heteroatoms. The fraction of sp³-hybridized carbons (Fsp3) is 0.556. The van der Waals surface area contributed by atoms with Crippen molar-refractivity contribution in [2.75, 3.05) is 11.9 Å². The van der Waals surface area contributed by atoms with Crippen LogP contribution in [-0.4, -0.2) is 23.1 Å². The molecule has 0 aromatic carbocycles. The second-order valence-electron chi connectivity index (χ2n) is 3.40. The molecule has 0 aliphatic heterocycles. The number of anilines is 1. The Balaban J connectivity index is 2.10. The van der Waals surface area contributed by atoms with Crippen molar-refractivity contribution < 1.29 is 0 Å². The molecular formula is C9H12ClN3. The van der Waals surface area contributed by atoms with E-state index in [4.69, 9.17) is 11.6 Å². The molecule has 13 heavy (non-hydrogen) atoms. The first-order valence-electron chi connectivity index (χ1n) is 4.48. The minimum absolute atomic E-state index is 0.589. The summed E-state index contributed by atoms with van der Waals surface area (Å²) >= 11 is 5.70. The third kappa shape index (κ3) is 1.75. The lowest BCUT2D eigenvalue weighted by molar-refractivity contribution is 0.397. The van der Waals surface area contributed by atoms with Crippen LogP contribution >= 0.6 is 11.6 Å². The van der Waals surface area contributed by atoms with Crippen LogP contribution in [0.5, 0.6) is 0 Å². The molecule has 0 atom stereocenters. The van der Waals surface area contributed by atoms with Gasteiger partial charge in [-0.3, -0.25) is 0 Å². The van der Waals surface area contributed by atoms with Gasteiger partial charge < -0.3 is 4.90 Å². The molecule has 1 aliphatic carbocycles. The summed E-state index contributed by atoms with van der Waals surface area (Å²) in [6.45, 7) is 0. The van der Waals surface area contributed by atoms with Crippen LogP contribution in [0.25, 0.3) is 0 Å². The normalized spacial score (nSPS) is 16.8. The molecule has 70 valence electrons. The van der Waals surface area contributed by atoms with Gasteiger partial charge in [-0.05, 0) is 19.3 Å². The monoisotopic (exact) mass is 197 g/mol. The van der Waals surface area contributed by atoms with E-state index in [0.717, 1.165) is 5.95 Å². The Labute approximate surface area is 82.8 Å². The van der Waals surface area contributed by atoms with E-state index in [-0.39, 0.29) is 0 Å². The molecule has 0 amide bonds. The lowest BCUT2D eigenvalue weighted by Gasteiger charge is -2.34. The van der Waals surface area contributed by atoms with Gasteiger partial charge in [0.25, 0.3) is 0 Å². The molecule has 1 aromatic rings. The van der Waals surface area contributed by atoms with Crippen molar-refractivity contribution in [1.82, 2.24) is 9.97 Å². The number of halogens is 1. The van der Waals surface area contributed by atoms with Crippen LogP contribution in [0.1, 0.15) is 19.3 Å². The SMILES string of the molecule is CN(c1ncc(Cl)cn1)C1CCC1. The van der Waals surface area contributed by atoms with Crippen LogP contribution < -0.4 is 4.90 Å². The highest BCUT2D eigenvalue weighted by Gasteiger charge is 2.23. The van der Waals surface area contributed by atoms with E-state index in [2.05, 4.69) is 14.9 Å². The van der Waals surface area contributed by atoms with E-state index < -0.39 is 0 Å². The Morgan fingerprint density at radius 3 is 2.46 bits per heavy atom. The van der Waals surface area contributed by atoms with Crippen LogP contribution in [0.3, 0.4) is 0 Å². The van der Waals surface area contributed by atoms with Crippen LogP contribution in [0.4, 0.5) is 5.95 Å². The zero-order valence-electron chi connectivity index (χ0n) is 7.57. The van der Waals surface area contributed by atoms with Crippen LogP contribution in [0.15, 0.2) is 12.4 Å². The van der Waals surface area contributed by atoms with Gasteiger partial charge in [0.2, 0.25) is 5.95 Å². The quantitative estimate of drug-likeness (QED) is 0.728. The molecule has 0 saturated heterocycles. The van der Waals surface area contributed by atoms with Crippen LogP contribution in [-0.2, 0) is 0 Å². The van der Waals surface area contributed by atoms with Gasteiger partial charge in [-0.15, -0.1) is 0 Å². The molecule has 1 heterocycles. The lowest BCUT2D eigenvalue weighted by Crippen LogP contribution is -2.38. The first-order chi connectivity index (χ1) is 6.27. The third-order valence-electron chi connectivity index (χ3n) is 2.54. The third-order valence-corrected chi connectivity index (χ3v) is 2.74. The van der Waals surface area contributed by atoms with Crippen molar-refractivity contribution >= 4 is 17.5 Å². The van der Waals surface area contributed by atoms with Crippen LogP contribution in [0, 0.1) is 0 Å². The first kappa shape index (κ1) is 8.75. The fourth-order valence-corrected chi connectivity index (χ4v) is 1.52. The van der Waals surface area contributed by atoms with Crippen molar-refractivity contribution in [2.24, 2.45) is 0 Å². The van der Waals surface area contributed by atoms with Crippen molar-refractivity contribution in [2.45, 2.75) is 25.3 Å². The van der Waals surface area contributed by atoms with E-state index in [1.165, 1.54) is 19.3 Å². The molecule has 0 unspecified atom stereocenters. The number of hydrogen-bond donors (Lipinski definition) is 0. The van der Waals surface area contributed by atoms with E-state index in [0.29, 0.717) is 11.1 Å². The zero-order chi connectivity index (χ0) is 9.26. The van der Waals surface area contributed by atoms with E-state index >= 15 is 0 Å². The molecule has 1 fully saturated rings. The summed E-state index contributed by atoms with van der Waals surface area (Å²) in [5, 5.41) is 0.589. The van der Waals surface area contributed by atoms with Crippen molar-refractivity contribution in [3.05, 3.63) is 17.4 Å². The van der Waals surface area contributed by atoms with E-state index in [1.54, 1.807) is 12.4 Å². The number of rotatable bonds is 2. The average Bonchev–Trinajstić information content (AvgIpc) is 2.02. The minimum atomic E-state index is 0.589. The molecule has 2 rings (SSSR count). The highest BCUT2D eigenvalue weighted by atomic mass is 35.5. The topological polar surface area (TPSA) is 29.0 Å². The van der Waals surface area contributed by atoms with Gasteiger partial charge >= 0.3 is 0 Å². The van der Waals surface area contributed by atoms with Crippen LogP contribution in [0.2, 0.25) is 5.02 Å². The number of nitrogens with zero attached hydrogens (tertiary/aromatic N) is 3. The highest BCUT2D eigenvalue weighted by molar-refractivity contribution is 6.30. The smallest absolute Gasteiger partial charge is 0.225 e. The summed E-state index contributed by atoms with van der Waals surface area (Å²) in [6.07, 6.45) is 7.10. The Morgan fingerprint density at radius 2 is 2.00 bits per heavy atom. The average molecular weight is 198 g/mol. The van der Waals surface area contributed by atoms with E-state index in [9.17, 15) is 0 Å². The summed E-state index contributed by atoms with van der Waals surface area (Å²) in [6, 6.07) is 0.626. The summed E-state index contributed by atoms with van der Waals surface area (Å²) in [5.41, 5.74) is 0. The maximum Gasteiger partial charge on any atom is 0.225 e. The fourth-order valence-electron chi connectivity index (χ4n) is 1.42. The Bertz CT molecular complexity index is 281. The van der Waals surface area contributed by atoms with Crippen molar-refractivity contribution in [3.63, 3.8) is 0 Å². The zero-order valence-corrected chi connectivity index (χ0v) is 8.33. The molecule has 3 nitrogen and oxygen atoms in total. The Hall–Kier alpha value is -0.830. The molecule has 1 aliphatic rings. The predicted molar refractivity (Wildman–Crippen MR) is 53.1 cm³/mol. The van der Waals surface area contributed by atoms with Gasteiger partial charge in [0.15, 0.2) is 0 Å². The molecule has 0 N–H and O–H groups in total. The summed E-state index contributed by atoms with van der Waals surface area (Å²) in [5.74, 6) is 0.772. The molecule has 0 bridgehead atoms.